The van der Waals surface area contributed by atoms with E-state index in [1.165, 1.54) is 0 Å². The van der Waals surface area contributed by atoms with Crippen molar-refractivity contribution in [3.63, 3.8) is 0 Å². The van der Waals surface area contributed by atoms with Crippen LogP contribution < -0.4 is 9.80 Å². The van der Waals surface area contributed by atoms with Crippen molar-refractivity contribution in [2.75, 3.05) is 62.3 Å². The van der Waals surface area contributed by atoms with Gasteiger partial charge in [0.05, 0.1) is 30.4 Å². The number of para-hydroxylation sites is 2. The second-order valence-electron chi connectivity index (χ2n) is 7.34. The second-order valence-corrected chi connectivity index (χ2v) is 7.34. The van der Waals surface area contributed by atoms with Gasteiger partial charge in [-0.1, -0.05) is 12.1 Å². The van der Waals surface area contributed by atoms with Crippen LogP contribution in [0.25, 0.3) is 11.0 Å². The van der Waals surface area contributed by atoms with Gasteiger partial charge in [-0.3, -0.25) is 9.78 Å². The lowest BCUT2D eigenvalue weighted by Gasteiger charge is -2.35. The van der Waals surface area contributed by atoms with Crippen LogP contribution in [0.1, 0.15) is 10.5 Å². The first-order valence-electron chi connectivity index (χ1n) is 10.2. The van der Waals surface area contributed by atoms with E-state index in [0.29, 0.717) is 45.1 Å². The summed E-state index contributed by atoms with van der Waals surface area (Å²) < 4.78 is 5.41. The minimum atomic E-state index is -0.0791. The molecule has 0 aliphatic carbocycles. The Kier molecular flexibility index (Phi) is 5.10. The van der Waals surface area contributed by atoms with Crippen LogP contribution in [0.5, 0.6) is 0 Å². The maximum atomic E-state index is 12.9. The summed E-state index contributed by atoms with van der Waals surface area (Å²) in [6.45, 7) is 5.67. The molecule has 1 amide bonds. The summed E-state index contributed by atoms with van der Waals surface area (Å²) in [5.41, 5.74) is 1.91. The minimum absolute atomic E-state index is 0.0791. The lowest BCUT2D eigenvalue weighted by Crippen LogP contribution is -2.49. The zero-order valence-corrected chi connectivity index (χ0v) is 16.6. The maximum Gasteiger partial charge on any atom is 0.274 e. The van der Waals surface area contributed by atoms with E-state index in [4.69, 9.17) is 9.72 Å². The normalized spacial score (nSPS) is 17.4. The molecule has 154 valence electrons. The SMILES string of the molecule is O=C(c1cnc2ccccc2n1)N1CCN(c2ccnc(N3CCOCC3)n2)CC1. The third kappa shape index (κ3) is 3.76. The van der Waals surface area contributed by atoms with Gasteiger partial charge in [0.2, 0.25) is 5.95 Å². The zero-order chi connectivity index (χ0) is 20.3. The first-order valence-corrected chi connectivity index (χ1v) is 10.2. The van der Waals surface area contributed by atoms with Crippen LogP contribution in [0.2, 0.25) is 0 Å². The predicted octanol–water partition coefficient (Wildman–Crippen LogP) is 1.22. The number of amides is 1. The van der Waals surface area contributed by atoms with E-state index >= 15 is 0 Å². The molecule has 0 radical (unpaired) electrons. The van der Waals surface area contributed by atoms with Crippen LogP contribution in [-0.2, 0) is 4.74 Å². The molecule has 9 heteroatoms. The van der Waals surface area contributed by atoms with Crippen molar-refractivity contribution in [1.82, 2.24) is 24.8 Å². The Hall–Kier alpha value is -3.33. The molecule has 2 saturated heterocycles. The Morgan fingerprint density at radius 3 is 2.40 bits per heavy atom. The van der Waals surface area contributed by atoms with Crippen LogP contribution in [0, 0.1) is 0 Å². The second kappa shape index (κ2) is 8.19. The Balaban J connectivity index is 1.25. The average molecular weight is 405 g/mol. The van der Waals surface area contributed by atoms with Crippen molar-refractivity contribution in [2.45, 2.75) is 0 Å². The monoisotopic (exact) mass is 405 g/mol. The lowest BCUT2D eigenvalue weighted by atomic mass is 10.2. The van der Waals surface area contributed by atoms with Gasteiger partial charge in [0.15, 0.2) is 0 Å². The average Bonchev–Trinajstić information content (AvgIpc) is 2.84. The first-order chi connectivity index (χ1) is 14.8. The van der Waals surface area contributed by atoms with Crippen LogP contribution in [0.4, 0.5) is 11.8 Å². The van der Waals surface area contributed by atoms with E-state index < -0.39 is 0 Å². The van der Waals surface area contributed by atoms with Crippen LogP contribution in [-0.4, -0.2) is 83.2 Å². The molecule has 2 fully saturated rings. The molecule has 2 aliphatic rings. The van der Waals surface area contributed by atoms with E-state index in [9.17, 15) is 4.79 Å². The fraction of sp³-hybridized carbons (Fsp3) is 0.381. The molecule has 30 heavy (non-hydrogen) atoms. The van der Waals surface area contributed by atoms with Gasteiger partial charge in [-0.25, -0.2) is 9.97 Å². The Morgan fingerprint density at radius 1 is 0.833 bits per heavy atom. The van der Waals surface area contributed by atoms with E-state index in [1.54, 1.807) is 12.4 Å². The highest BCUT2D eigenvalue weighted by atomic mass is 16.5. The van der Waals surface area contributed by atoms with Crippen molar-refractivity contribution >= 4 is 28.7 Å². The largest absolute Gasteiger partial charge is 0.378 e. The number of benzene rings is 1. The minimum Gasteiger partial charge on any atom is -0.378 e. The number of rotatable bonds is 3. The predicted molar refractivity (Wildman–Crippen MR) is 113 cm³/mol. The molecule has 2 aromatic heterocycles. The van der Waals surface area contributed by atoms with Crippen molar-refractivity contribution in [2.24, 2.45) is 0 Å². The summed E-state index contributed by atoms with van der Waals surface area (Å²) in [5.74, 6) is 1.55. The van der Waals surface area contributed by atoms with Crippen LogP contribution in [0.3, 0.4) is 0 Å². The molecular formula is C21H23N7O2. The summed E-state index contributed by atoms with van der Waals surface area (Å²) in [7, 11) is 0. The number of piperazine rings is 1. The highest BCUT2D eigenvalue weighted by Gasteiger charge is 2.25. The van der Waals surface area contributed by atoms with Crippen LogP contribution >= 0.6 is 0 Å². The Morgan fingerprint density at radius 2 is 1.60 bits per heavy atom. The summed E-state index contributed by atoms with van der Waals surface area (Å²) in [5, 5.41) is 0. The quantitative estimate of drug-likeness (QED) is 0.643. The number of nitrogens with zero attached hydrogens (tertiary/aromatic N) is 7. The molecule has 9 nitrogen and oxygen atoms in total. The number of morpholine rings is 1. The number of ether oxygens (including phenoxy) is 1. The topological polar surface area (TPSA) is 87.6 Å². The van der Waals surface area contributed by atoms with Gasteiger partial charge >= 0.3 is 0 Å². The first kappa shape index (κ1) is 18.7. The number of hydrogen-bond donors (Lipinski definition) is 0. The van der Waals surface area contributed by atoms with Crippen molar-refractivity contribution in [1.29, 1.82) is 0 Å². The summed E-state index contributed by atoms with van der Waals surface area (Å²) in [6, 6.07) is 9.50. The molecule has 1 aromatic carbocycles. The zero-order valence-electron chi connectivity index (χ0n) is 16.6. The molecule has 0 atom stereocenters. The van der Waals surface area contributed by atoms with Gasteiger partial charge < -0.3 is 19.4 Å². The maximum absolute atomic E-state index is 12.9. The highest BCUT2D eigenvalue weighted by molar-refractivity contribution is 5.94. The van der Waals surface area contributed by atoms with Crippen molar-refractivity contribution in [3.05, 3.63) is 48.4 Å². The number of carbonyl (C=O) groups excluding carboxylic acids is 1. The lowest BCUT2D eigenvalue weighted by molar-refractivity contribution is 0.0740. The fourth-order valence-corrected chi connectivity index (χ4v) is 3.79. The number of hydrogen-bond acceptors (Lipinski definition) is 8. The summed E-state index contributed by atoms with van der Waals surface area (Å²) in [4.78, 5) is 37.1. The van der Waals surface area contributed by atoms with Crippen LogP contribution in [0.15, 0.2) is 42.7 Å². The van der Waals surface area contributed by atoms with Crippen molar-refractivity contribution < 1.29 is 9.53 Å². The van der Waals surface area contributed by atoms with E-state index in [2.05, 4.69) is 24.8 Å². The smallest absolute Gasteiger partial charge is 0.274 e. The van der Waals surface area contributed by atoms with Gasteiger partial charge in [-0.15, -0.1) is 0 Å². The van der Waals surface area contributed by atoms with Gasteiger partial charge in [0, 0.05) is 45.5 Å². The van der Waals surface area contributed by atoms with Gasteiger partial charge in [0.25, 0.3) is 5.91 Å². The van der Waals surface area contributed by atoms with Gasteiger partial charge in [-0.2, -0.15) is 4.98 Å². The summed E-state index contributed by atoms with van der Waals surface area (Å²) >= 11 is 0. The number of fused-ring (bicyclic) bond motifs is 1. The molecule has 3 aromatic rings. The third-order valence-corrected chi connectivity index (χ3v) is 5.48. The number of anilines is 2. The molecule has 0 bridgehead atoms. The van der Waals surface area contributed by atoms with Crippen molar-refractivity contribution in [3.8, 4) is 0 Å². The molecule has 0 saturated carbocycles. The Bertz CT molecular complexity index is 1050. The molecule has 0 N–H and O–H groups in total. The summed E-state index contributed by atoms with van der Waals surface area (Å²) in [6.07, 6.45) is 3.37. The Labute approximate surface area is 174 Å². The molecular weight excluding hydrogens is 382 g/mol. The molecule has 0 unspecified atom stereocenters. The standard InChI is InChI=1S/C21H23N7O2/c29-20(18-15-23-16-3-1-2-4-17(16)24-18)27-9-7-26(8-10-27)19-5-6-22-21(25-19)28-11-13-30-14-12-28/h1-6,15H,7-14H2. The molecule has 2 aliphatic heterocycles. The molecule has 4 heterocycles. The fourth-order valence-electron chi connectivity index (χ4n) is 3.79. The highest BCUT2D eigenvalue weighted by Crippen LogP contribution is 2.18. The van der Waals surface area contributed by atoms with Gasteiger partial charge in [-0.05, 0) is 18.2 Å². The van der Waals surface area contributed by atoms with E-state index in [0.717, 1.165) is 35.9 Å². The number of carbonyl (C=O) groups is 1. The molecule has 5 rings (SSSR count). The van der Waals surface area contributed by atoms with E-state index in [-0.39, 0.29) is 5.91 Å². The van der Waals surface area contributed by atoms with Gasteiger partial charge in [0.1, 0.15) is 11.5 Å². The number of aromatic nitrogens is 4. The third-order valence-electron chi connectivity index (χ3n) is 5.48. The van der Waals surface area contributed by atoms with E-state index in [1.807, 2.05) is 35.2 Å². The molecule has 0 spiro atoms.